The first-order valence-corrected chi connectivity index (χ1v) is 5.98. The van der Waals surface area contributed by atoms with Crippen LogP contribution in [0.4, 0.5) is 15.8 Å². The second-order valence-corrected chi connectivity index (χ2v) is 4.51. The summed E-state index contributed by atoms with van der Waals surface area (Å²) < 4.78 is 13.0. The van der Waals surface area contributed by atoms with E-state index in [0.717, 1.165) is 0 Å². The van der Waals surface area contributed by atoms with Crippen molar-refractivity contribution < 1.29 is 9.18 Å². The summed E-state index contributed by atoms with van der Waals surface area (Å²) in [7, 11) is 0. The normalized spacial score (nSPS) is 10.3. The number of nitrogens with two attached hydrogens (primary N) is 1. The van der Waals surface area contributed by atoms with Crippen molar-refractivity contribution >= 4 is 28.9 Å². The van der Waals surface area contributed by atoms with E-state index >= 15 is 0 Å². The van der Waals surface area contributed by atoms with Gasteiger partial charge in [0.25, 0.3) is 5.91 Å². The molecule has 0 aliphatic carbocycles. The van der Waals surface area contributed by atoms with Gasteiger partial charge in [-0.15, -0.1) is 0 Å². The van der Waals surface area contributed by atoms with Gasteiger partial charge in [-0.25, -0.2) is 4.39 Å². The minimum atomic E-state index is -0.528. The van der Waals surface area contributed by atoms with Gasteiger partial charge in [-0.3, -0.25) is 4.79 Å². The van der Waals surface area contributed by atoms with Crippen LogP contribution in [0.2, 0.25) is 5.02 Å². The molecule has 0 spiro atoms. The summed E-state index contributed by atoms with van der Waals surface area (Å²) in [4.78, 5) is 12.1. The zero-order chi connectivity index (χ0) is 14.0. The highest BCUT2D eigenvalue weighted by Gasteiger charge is 2.11. The standard InChI is InChI=1S/C14H12ClFN2O/c1-8-10(3-2-4-13(8)17)14(19)18-9-5-6-12(16)11(15)7-9/h2-7H,17H2,1H3,(H,18,19). The Balaban J connectivity index is 2.26. The summed E-state index contributed by atoms with van der Waals surface area (Å²) in [5, 5.41) is 2.61. The van der Waals surface area contributed by atoms with Crippen LogP contribution in [-0.4, -0.2) is 5.91 Å². The van der Waals surface area contributed by atoms with E-state index in [9.17, 15) is 9.18 Å². The molecule has 0 atom stereocenters. The third-order valence-electron chi connectivity index (χ3n) is 2.80. The molecule has 1 amide bonds. The molecule has 0 aromatic heterocycles. The van der Waals surface area contributed by atoms with E-state index in [1.54, 1.807) is 25.1 Å². The zero-order valence-electron chi connectivity index (χ0n) is 10.2. The highest BCUT2D eigenvalue weighted by atomic mass is 35.5. The molecule has 2 aromatic carbocycles. The Labute approximate surface area is 115 Å². The highest BCUT2D eigenvalue weighted by molar-refractivity contribution is 6.31. The van der Waals surface area contributed by atoms with E-state index in [1.807, 2.05) is 0 Å². The van der Waals surface area contributed by atoms with Crippen molar-refractivity contribution in [2.45, 2.75) is 6.92 Å². The van der Waals surface area contributed by atoms with Crippen molar-refractivity contribution in [2.24, 2.45) is 0 Å². The van der Waals surface area contributed by atoms with Crippen LogP contribution in [0.15, 0.2) is 36.4 Å². The van der Waals surface area contributed by atoms with Crippen LogP contribution in [0.5, 0.6) is 0 Å². The number of hydrogen-bond acceptors (Lipinski definition) is 2. The molecule has 2 rings (SSSR count). The van der Waals surface area contributed by atoms with Crippen molar-refractivity contribution in [1.82, 2.24) is 0 Å². The molecule has 0 saturated heterocycles. The molecule has 3 N–H and O–H groups in total. The van der Waals surface area contributed by atoms with Gasteiger partial charge in [-0.2, -0.15) is 0 Å². The maximum Gasteiger partial charge on any atom is 0.256 e. The average Bonchev–Trinajstić information content (AvgIpc) is 2.37. The van der Waals surface area contributed by atoms with Crippen LogP contribution >= 0.6 is 11.6 Å². The van der Waals surface area contributed by atoms with Crippen molar-refractivity contribution in [2.75, 3.05) is 11.1 Å². The lowest BCUT2D eigenvalue weighted by Gasteiger charge is -2.09. The smallest absolute Gasteiger partial charge is 0.256 e. The van der Waals surface area contributed by atoms with Crippen LogP contribution in [0.1, 0.15) is 15.9 Å². The van der Waals surface area contributed by atoms with Gasteiger partial charge in [0.15, 0.2) is 0 Å². The highest BCUT2D eigenvalue weighted by Crippen LogP contribution is 2.21. The third kappa shape index (κ3) is 2.85. The number of amides is 1. The molecule has 3 nitrogen and oxygen atoms in total. The fourth-order valence-electron chi connectivity index (χ4n) is 1.67. The molecule has 0 bridgehead atoms. The summed E-state index contributed by atoms with van der Waals surface area (Å²) >= 11 is 5.65. The Morgan fingerprint density at radius 1 is 1.32 bits per heavy atom. The second kappa shape index (κ2) is 5.28. The molecule has 0 fully saturated rings. The van der Waals surface area contributed by atoms with Gasteiger partial charge in [0.1, 0.15) is 5.82 Å². The van der Waals surface area contributed by atoms with Gasteiger partial charge in [0, 0.05) is 16.9 Å². The van der Waals surface area contributed by atoms with Crippen molar-refractivity contribution in [3.8, 4) is 0 Å². The molecule has 98 valence electrons. The van der Waals surface area contributed by atoms with E-state index in [0.29, 0.717) is 22.5 Å². The Hall–Kier alpha value is -2.07. The monoisotopic (exact) mass is 278 g/mol. The molecular formula is C14H12ClFN2O. The van der Waals surface area contributed by atoms with Crippen LogP contribution in [0, 0.1) is 12.7 Å². The molecule has 0 radical (unpaired) electrons. The number of hydrogen-bond donors (Lipinski definition) is 2. The molecule has 0 saturated carbocycles. The quantitative estimate of drug-likeness (QED) is 0.824. The summed E-state index contributed by atoms with van der Waals surface area (Å²) in [6.45, 7) is 1.77. The fourth-order valence-corrected chi connectivity index (χ4v) is 1.85. The number of nitrogens with one attached hydrogen (secondary N) is 1. The number of halogens is 2. The first-order chi connectivity index (χ1) is 8.99. The number of nitrogen functional groups attached to an aromatic ring is 1. The van der Waals surface area contributed by atoms with Gasteiger partial charge in [-0.1, -0.05) is 17.7 Å². The Morgan fingerprint density at radius 3 is 2.74 bits per heavy atom. The first-order valence-electron chi connectivity index (χ1n) is 5.60. The maximum atomic E-state index is 13.0. The van der Waals surface area contributed by atoms with Gasteiger partial charge in [-0.05, 0) is 42.8 Å². The molecule has 19 heavy (non-hydrogen) atoms. The summed E-state index contributed by atoms with van der Waals surface area (Å²) in [6.07, 6.45) is 0. The summed E-state index contributed by atoms with van der Waals surface area (Å²) in [5.41, 5.74) is 7.89. The third-order valence-corrected chi connectivity index (χ3v) is 3.09. The van der Waals surface area contributed by atoms with Crippen LogP contribution in [0.3, 0.4) is 0 Å². The van der Waals surface area contributed by atoms with Crippen molar-refractivity contribution in [3.05, 3.63) is 58.4 Å². The lowest BCUT2D eigenvalue weighted by molar-refractivity contribution is 0.102. The molecule has 0 aliphatic heterocycles. The van der Waals surface area contributed by atoms with E-state index in [4.69, 9.17) is 17.3 Å². The molecule has 2 aromatic rings. The molecule has 0 aliphatic rings. The molecule has 5 heteroatoms. The Morgan fingerprint density at radius 2 is 2.05 bits per heavy atom. The predicted octanol–water partition coefficient (Wildman–Crippen LogP) is 3.62. The molecule has 0 heterocycles. The van der Waals surface area contributed by atoms with E-state index < -0.39 is 5.82 Å². The van der Waals surface area contributed by atoms with Gasteiger partial charge in [0.2, 0.25) is 0 Å². The summed E-state index contributed by atoms with van der Waals surface area (Å²) in [6, 6.07) is 9.10. The van der Waals surface area contributed by atoms with E-state index in [2.05, 4.69) is 5.32 Å². The topological polar surface area (TPSA) is 55.1 Å². The number of benzene rings is 2. The van der Waals surface area contributed by atoms with E-state index in [-0.39, 0.29) is 10.9 Å². The maximum absolute atomic E-state index is 13.0. The van der Waals surface area contributed by atoms with Gasteiger partial charge in [0.05, 0.1) is 5.02 Å². The van der Waals surface area contributed by atoms with Crippen LogP contribution in [0.25, 0.3) is 0 Å². The van der Waals surface area contributed by atoms with Gasteiger partial charge < -0.3 is 11.1 Å². The van der Waals surface area contributed by atoms with Gasteiger partial charge >= 0.3 is 0 Å². The lowest BCUT2D eigenvalue weighted by atomic mass is 10.1. The predicted molar refractivity (Wildman–Crippen MR) is 75.0 cm³/mol. The van der Waals surface area contributed by atoms with Crippen molar-refractivity contribution in [1.29, 1.82) is 0 Å². The fraction of sp³-hybridized carbons (Fsp3) is 0.0714. The minimum absolute atomic E-state index is 0.0397. The minimum Gasteiger partial charge on any atom is -0.398 e. The average molecular weight is 279 g/mol. The Bertz CT molecular complexity index is 643. The van der Waals surface area contributed by atoms with Crippen LogP contribution < -0.4 is 11.1 Å². The molecule has 0 unspecified atom stereocenters. The Kier molecular flexibility index (Phi) is 3.71. The summed E-state index contributed by atoms with van der Waals surface area (Å²) in [5.74, 6) is -0.840. The lowest BCUT2D eigenvalue weighted by Crippen LogP contribution is -2.14. The molecular weight excluding hydrogens is 267 g/mol. The van der Waals surface area contributed by atoms with Crippen LogP contribution in [-0.2, 0) is 0 Å². The SMILES string of the molecule is Cc1c(N)cccc1C(=O)Nc1ccc(F)c(Cl)c1. The second-order valence-electron chi connectivity index (χ2n) is 4.10. The van der Waals surface area contributed by atoms with E-state index in [1.165, 1.54) is 18.2 Å². The number of carbonyl (C=O) groups excluding carboxylic acids is 1. The van der Waals surface area contributed by atoms with Crippen molar-refractivity contribution in [3.63, 3.8) is 0 Å². The number of anilines is 2. The largest absolute Gasteiger partial charge is 0.398 e. The number of carbonyl (C=O) groups is 1. The number of rotatable bonds is 2. The zero-order valence-corrected chi connectivity index (χ0v) is 11.0. The first kappa shape index (κ1) is 13.4.